The molecule has 0 fully saturated rings. The Morgan fingerprint density at radius 2 is 1.54 bits per heavy atom. The Balaban J connectivity index is 1.79. The molecule has 3 aromatic rings. The van der Waals surface area contributed by atoms with Crippen molar-refractivity contribution < 1.29 is 0 Å². The number of nitrogens with one attached hydrogen (secondary N) is 2. The standard InChI is InChI=1S/C19H21N5/c1-13-5-4-6-14(2)19(13)24-18-11-17(22-15(3)23-18)21-12-16-7-9-20-10-8-16/h4-11H,12H2,1-3H3,(H2,21,22,23,24). The highest BCUT2D eigenvalue weighted by Crippen LogP contribution is 2.24. The van der Waals surface area contributed by atoms with Crippen LogP contribution in [0, 0.1) is 20.8 Å². The first-order valence-corrected chi connectivity index (χ1v) is 7.93. The molecule has 2 aromatic heterocycles. The lowest BCUT2D eigenvalue weighted by molar-refractivity contribution is 1.02. The van der Waals surface area contributed by atoms with Crippen LogP contribution in [0.3, 0.4) is 0 Å². The molecular weight excluding hydrogens is 298 g/mol. The van der Waals surface area contributed by atoms with E-state index in [-0.39, 0.29) is 0 Å². The van der Waals surface area contributed by atoms with E-state index in [1.165, 1.54) is 11.1 Å². The van der Waals surface area contributed by atoms with Crippen LogP contribution in [0.5, 0.6) is 0 Å². The second kappa shape index (κ2) is 7.08. The van der Waals surface area contributed by atoms with Gasteiger partial charge < -0.3 is 10.6 Å². The zero-order valence-electron chi connectivity index (χ0n) is 14.2. The molecule has 2 N–H and O–H groups in total. The van der Waals surface area contributed by atoms with E-state index in [1.54, 1.807) is 12.4 Å². The molecule has 0 aliphatic heterocycles. The second-order valence-corrected chi connectivity index (χ2v) is 5.79. The summed E-state index contributed by atoms with van der Waals surface area (Å²) in [6.45, 7) is 6.77. The van der Waals surface area contributed by atoms with Crippen LogP contribution in [0.15, 0.2) is 48.8 Å². The number of rotatable bonds is 5. The number of hydrogen-bond donors (Lipinski definition) is 2. The Hall–Kier alpha value is -2.95. The fourth-order valence-electron chi connectivity index (χ4n) is 2.56. The molecule has 0 bridgehead atoms. The Bertz CT molecular complexity index is 810. The Labute approximate surface area is 142 Å². The van der Waals surface area contributed by atoms with E-state index >= 15 is 0 Å². The fourth-order valence-corrected chi connectivity index (χ4v) is 2.56. The van der Waals surface area contributed by atoms with Crippen molar-refractivity contribution in [2.24, 2.45) is 0 Å². The average molecular weight is 319 g/mol. The molecule has 5 heteroatoms. The smallest absolute Gasteiger partial charge is 0.136 e. The van der Waals surface area contributed by atoms with Crippen molar-refractivity contribution >= 4 is 17.3 Å². The third kappa shape index (κ3) is 3.87. The molecule has 0 aliphatic rings. The van der Waals surface area contributed by atoms with Gasteiger partial charge in [0, 0.05) is 30.7 Å². The largest absolute Gasteiger partial charge is 0.366 e. The molecule has 3 rings (SSSR count). The number of aryl methyl sites for hydroxylation is 3. The van der Waals surface area contributed by atoms with Crippen LogP contribution in [0.4, 0.5) is 17.3 Å². The molecule has 122 valence electrons. The van der Waals surface area contributed by atoms with Gasteiger partial charge in [-0.1, -0.05) is 18.2 Å². The van der Waals surface area contributed by atoms with E-state index in [9.17, 15) is 0 Å². The molecule has 24 heavy (non-hydrogen) atoms. The van der Waals surface area contributed by atoms with Crippen molar-refractivity contribution in [1.82, 2.24) is 15.0 Å². The van der Waals surface area contributed by atoms with Gasteiger partial charge in [-0.3, -0.25) is 4.98 Å². The highest BCUT2D eigenvalue weighted by Gasteiger charge is 2.06. The highest BCUT2D eigenvalue weighted by atomic mass is 15.1. The fraction of sp³-hybridized carbons (Fsp3) is 0.211. The first-order chi connectivity index (χ1) is 11.6. The maximum absolute atomic E-state index is 4.49. The summed E-state index contributed by atoms with van der Waals surface area (Å²) in [6.07, 6.45) is 3.58. The number of anilines is 3. The summed E-state index contributed by atoms with van der Waals surface area (Å²) in [5.41, 5.74) is 4.64. The number of hydrogen-bond acceptors (Lipinski definition) is 5. The molecule has 0 amide bonds. The predicted molar refractivity (Wildman–Crippen MR) is 97.5 cm³/mol. The van der Waals surface area contributed by atoms with E-state index in [0.717, 1.165) is 28.7 Å². The van der Waals surface area contributed by atoms with Crippen molar-refractivity contribution in [2.75, 3.05) is 10.6 Å². The highest BCUT2D eigenvalue weighted by molar-refractivity contribution is 5.65. The van der Waals surface area contributed by atoms with Crippen molar-refractivity contribution in [1.29, 1.82) is 0 Å². The average Bonchev–Trinajstić information content (AvgIpc) is 2.57. The van der Waals surface area contributed by atoms with Crippen LogP contribution in [0.1, 0.15) is 22.5 Å². The lowest BCUT2D eigenvalue weighted by Crippen LogP contribution is -2.06. The SMILES string of the molecule is Cc1nc(NCc2ccncc2)cc(Nc2c(C)cccc2C)n1. The van der Waals surface area contributed by atoms with Gasteiger partial charge in [-0.2, -0.15) is 0 Å². The minimum Gasteiger partial charge on any atom is -0.366 e. The number of para-hydroxylation sites is 1. The molecule has 0 radical (unpaired) electrons. The molecule has 0 unspecified atom stereocenters. The van der Waals surface area contributed by atoms with Crippen LogP contribution < -0.4 is 10.6 Å². The minimum absolute atomic E-state index is 0.696. The molecule has 0 atom stereocenters. The van der Waals surface area contributed by atoms with Crippen molar-refractivity contribution in [2.45, 2.75) is 27.3 Å². The Morgan fingerprint density at radius 3 is 2.25 bits per heavy atom. The normalized spacial score (nSPS) is 10.5. The summed E-state index contributed by atoms with van der Waals surface area (Å²) in [7, 11) is 0. The molecule has 0 spiro atoms. The first-order valence-electron chi connectivity index (χ1n) is 7.93. The molecule has 5 nitrogen and oxygen atoms in total. The van der Waals surface area contributed by atoms with Gasteiger partial charge in [0.1, 0.15) is 17.5 Å². The van der Waals surface area contributed by atoms with Gasteiger partial charge in [-0.25, -0.2) is 9.97 Å². The predicted octanol–water partition coefficient (Wildman–Crippen LogP) is 4.15. The number of pyridine rings is 1. The molecule has 2 heterocycles. The maximum Gasteiger partial charge on any atom is 0.136 e. The van der Waals surface area contributed by atoms with Gasteiger partial charge in [-0.05, 0) is 49.6 Å². The zero-order valence-corrected chi connectivity index (χ0v) is 14.2. The van der Waals surface area contributed by atoms with E-state index in [4.69, 9.17) is 0 Å². The van der Waals surface area contributed by atoms with Crippen molar-refractivity contribution in [3.63, 3.8) is 0 Å². The van der Waals surface area contributed by atoms with Gasteiger partial charge in [0.2, 0.25) is 0 Å². The van der Waals surface area contributed by atoms with Crippen LogP contribution in [0.2, 0.25) is 0 Å². The maximum atomic E-state index is 4.49. The van der Waals surface area contributed by atoms with Crippen LogP contribution in [-0.4, -0.2) is 15.0 Å². The summed E-state index contributed by atoms with van der Waals surface area (Å²) >= 11 is 0. The quantitative estimate of drug-likeness (QED) is 0.739. The van der Waals surface area contributed by atoms with Gasteiger partial charge >= 0.3 is 0 Å². The molecule has 1 aromatic carbocycles. The summed E-state index contributed by atoms with van der Waals surface area (Å²) in [5, 5.41) is 6.76. The summed E-state index contributed by atoms with van der Waals surface area (Å²) in [5.74, 6) is 2.31. The second-order valence-electron chi connectivity index (χ2n) is 5.79. The van der Waals surface area contributed by atoms with Crippen molar-refractivity contribution in [3.05, 3.63) is 71.3 Å². The molecule has 0 aliphatic carbocycles. The lowest BCUT2D eigenvalue weighted by atomic mass is 10.1. The monoisotopic (exact) mass is 319 g/mol. The summed E-state index contributed by atoms with van der Waals surface area (Å²) in [4.78, 5) is 13.0. The van der Waals surface area contributed by atoms with Gasteiger partial charge in [0.25, 0.3) is 0 Å². The van der Waals surface area contributed by atoms with Gasteiger partial charge in [0.05, 0.1) is 0 Å². The van der Waals surface area contributed by atoms with Gasteiger partial charge in [0.15, 0.2) is 0 Å². The van der Waals surface area contributed by atoms with E-state index in [1.807, 2.05) is 25.1 Å². The van der Waals surface area contributed by atoms with E-state index in [2.05, 4.69) is 57.6 Å². The summed E-state index contributed by atoms with van der Waals surface area (Å²) in [6, 6.07) is 12.1. The Morgan fingerprint density at radius 1 is 0.875 bits per heavy atom. The van der Waals surface area contributed by atoms with Crippen LogP contribution in [-0.2, 0) is 6.54 Å². The van der Waals surface area contributed by atoms with Gasteiger partial charge in [-0.15, -0.1) is 0 Å². The van der Waals surface area contributed by atoms with E-state index in [0.29, 0.717) is 6.54 Å². The van der Waals surface area contributed by atoms with Crippen LogP contribution in [0.25, 0.3) is 0 Å². The molecule has 0 saturated carbocycles. The lowest BCUT2D eigenvalue weighted by Gasteiger charge is -2.14. The summed E-state index contributed by atoms with van der Waals surface area (Å²) < 4.78 is 0. The van der Waals surface area contributed by atoms with Crippen LogP contribution >= 0.6 is 0 Å². The number of nitrogens with zero attached hydrogens (tertiary/aromatic N) is 3. The number of aromatic nitrogens is 3. The third-order valence-corrected chi connectivity index (χ3v) is 3.80. The molecular formula is C19H21N5. The number of benzene rings is 1. The third-order valence-electron chi connectivity index (χ3n) is 3.80. The first kappa shape index (κ1) is 15.9. The minimum atomic E-state index is 0.696. The van der Waals surface area contributed by atoms with E-state index < -0.39 is 0 Å². The van der Waals surface area contributed by atoms with Crippen molar-refractivity contribution in [3.8, 4) is 0 Å². The zero-order chi connectivity index (χ0) is 16.9. The topological polar surface area (TPSA) is 62.7 Å². The molecule has 0 saturated heterocycles. The Kier molecular flexibility index (Phi) is 4.70.